The zero-order chi connectivity index (χ0) is 48.3. The summed E-state index contributed by atoms with van der Waals surface area (Å²) in [5.41, 5.74) is 31.0. The zero-order valence-corrected chi connectivity index (χ0v) is 39.2. The molecule has 2 aromatic heterocycles. The van der Waals surface area contributed by atoms with Gasteiger partial charge in [0.2, 0.25) is 35.4 Å². The van der Waals surface area contributed by atoms with Crippen LogP contribution in [0.5, 0.6) is 0 Å². The molecule has 0 fully saturated rings. The summed E-state index contributed by atoms with van der Waals surface area (Å²) in [6.07, 6.45) is 11.1. The van der Waals surface area contributed by atoms with Gasteiger partial charge in [-0.15, -0.1) is 0 Å². The number of nitrogens with two attached hydrogens (primary N) is 5. The van der Waals surface area contributed by atoms with Crippen molar-refractivity contribution in [1.82, 2.24) is 40.3 Å². The second-order valence-electron chi connectivity index (χ2n) is 16.4. The molecular weight excluding hydrogens is 865 g/mol. The van der Waals surface area contributed by atoms with Crippen LogP contribution < -0.4 is 39.3 Å². The Morgan fingerprint density at radius 2 is 1.23 bits per heavy atom. The molecule has 0 saturated carbocycles. The van der Waals surface area contributed by atoms with E-state index in [0.717, 1.165) is 22.9 Å². The highest BCUT2D eigenvalue weighted by Gasteiger charge is 2.34. The molecule has 0 spiro atoms. The number of benzene rings is 1. The topological polar surface area (TPSA) is 335 Å². The number of H-pyrrole nitrogens is 2. The summed E-state index contributed by atoms with van der Waals surface area (Å²) in [4.78, 5) is 97.5. The Balaban J connectivity index is 1.89. The van der Waals surface area contributed by atoms with Gasteiger partial charge in [-0.3, -0.25) is 34.2 Å². The third kappa shape index (κ3) is 18.4. The Bertz CT molecular complexity index is 1960. The minimum atomic E-state index is -1.08. The van der Waals surface area contributed by atoms with Gasteiger partial charge in [-0.25, -0.2) is 4.98 Å². The Hall–Kier alpha value is -5.51. The number of para-hydroxylation sites is 1. The number of carbonyl (C=O) groups excluding carboxylic acids is 6. The van der Waals surface area contributed by atoms with Crippen LogP contribution in [0.25, 0.3) is 10.9 Å². The van der Waals surface area contributed by atoms with Gasteiger partial charge in [-0.2, -0.15) is 12.6 Å². The summed E-state index contributed by atoms with van der Waals surface area (Å²) >= 11 is 4.26. The number of nitrogens with one attached hydrogen (secondary N) is 5. The summed E-state index contributed by atoms with van der Waals surface area (Å²) in [7, 11) is 0. The first-order chi connectivity index (χ1) is 31.9. The summed E-state index contributed by atoms with van der Waals surface area (Å²) in [5, 5.41) is 14.3. The van der Waals surface area contributed by atoms with Crippen molar-refractivity contribution >= 4 is 64.8 Å². The summed E-state index contributed by atoms with van der Waals surface area (Å²) in [5.74, 6) is -2.19. The van der Waals surface area contributed by atoms with Crippen molar-refractivity contribution in [3.8, 4) is 0 Å². The number of hydrogen-bond acceptors (Lipinski definition) is 12. The fourth-order valence-electron chi connectivity index (χ4n) is 7.97. The molecular formula is C45H74N14O6S. The summed E-state index contributed by atoms with van der Waals surface area (Å²) in [6, 6.07) is 4.71. The van der Waals surface area contributed by atoms with Crippen LogP contribution in [0.2, 0.25) is 0 Å². The van der Waals surface area contributed by atoms with Crippen molar-refractivity contribution in [2.75, 3.05) is 58.1 Å². The molecule has 21 heteroatoms. The number of imidazole rings is 1. The van der Waals surface area contributed by atoms with E-state index in [1.165, 1.54) is 21.0 Å². The van der Waals surface area contributed by atoms with E-state index in [-0.39, 0.29) is 101 Å². The molecule has 66 heavy (non-hydrogen) atoms. The van der Waals surface area contributed by atoms with Crippen molar-refractivity contribution < 1.29 is 28.8 Å². The minimum absolute atomic E-state index is 0.0306. The molecule has 366 valence electrons. The molecule has 2 heterocycles. The van der Waals surface area contributed by atoms with Gasteiger partial charge in [-0.05, 0) is 75.4 Å². The van der Waals surface area contributed by atoms with E-state index in [0.29, 0.717) is 76.6 Å². The Kier molecular flexibility index (Phi) is 25.5. The number of rotatable bonds is 35. The quantitative estimate of drug-likeness (QED) is 0.0170. The Morgan fingerprint density at radius 1 is 0.667 bits per heavy atom. The molecule has 3 rings (SSSR count). The van der Waals surface area contributed by atoms with Crippen molar-refractivity contribution in [1.29, 1.82) is 5.41 Å². The predicted molar refractivity (Wildman–Crippen MR) is 259 cm³/mol. The molecule has 15 N–H and O–H groups in total. The number of aromatic nitrogens is 3. The highest BCUT2D eigenvalue weighted by Crippen LogP contribution is 2.22. The molecule has 0 saturated heterocycles. The van der Waals surface area contributed by atoms with Crippen molar-refractivity contribution in [3.05, 3.63) is 54.2 Å². The lowest BCUT2D eigenvalue weighted by Gasteiger charge is -2.33. The number of primary amides is 1. The fraction of sp³-hybridized carbons (Fsp3) is 0.600. The number of amides is 6. The van der Waals surface area contributed by atoms with Crippen molar-refractivity contribution in [2.45, 2.75) is 114 Å². The molecule has 3 unspecified atom stereocenters. The smallest absolute Gasteiger partial charge is 0.243 e. The maximum Gasteiger partial charge on any atom is 0.243 e. The van der Waals surface area contributed by atoms with Crippen LogP contribution in [0.1, 0.15) is 94.7 Å². The largest absolute Gasteiger partial charge is 0.388 e. The molecule has 3 aromatic rings. The van der Waals surface area contributed by atoms with E-state index in [4.69, 9.17) is 34.1 Å². The highest BCUT2D eigenvalue weighted by molar-refractivity contribution is 7.80. The molecule has 0 radical (unpaired) electrons. The summed E-state index contributed by atoms with van der Waals surface area (Å²) < 4.78 is 0. The number of hydrogen-bond donors (Lipinski definition) is 11. The van der Waals surface area contributed by atoms with Crippen molar-refractivity contribution in [2.24, 2.45) is 28.7 Å². The van der Waals surface area contributed by atoms with Crippen LogP contribution in [0, 0.1) is 5.41 Å². The first-order valence-electron chi connectivity index (χ1n) is 23.2. The SMILES string of the molecule is N=C(N)CCCCCC(=O)N(CCNC(=O)C(Cc1cnc[nH]1)N(CCNC(=O)C(Cc1c[nH]c2ccccc12)N(CCN)C(=O)CCS)C(=O)CCCCCN)C(CCCCN)C(N)=O. The van der Waals surface area contributed by atoms with Gasteiger partial charge in [0.1, 0.15) is 18.1 Å². The third-order valence-electron chi connectivity index (χ3n) is 11.4. The number of aromatic amines is 2. The van der Waals surface area contributed by atoms with E-state index >= 15 is 0 Å². The van der Waals surface area contributed by atoms with Crippen LogP contribution in [0.4, 0.5) is 0 Å². The molecule has 6 amide bonds. The monoisotopic (exact) mass is 939 g/mol. The number of carbonyl (C=O) groups is 6. The molecule has 1 aromatic carbocycles. The lowest BCUT2D eigenvalue weighted by atomic mass is 10.0. The third-order valence-corrected chi connectivity index (χ3v) is 11.7. The maximum atomic E-state index is 14.4. The van der Waals surface area contributed by atoms with Gasteiger partial charge in [0, 0.05) is 107 Å². The van der Waals surface area contributed by atoms with Gasteiger partial charge >= 0.3 is 0 Å². The number of fused-ring (bicyclic) bond motifs is 1. The first kappa shape index (κ1) is 54.8. The molecule has 20 nitrogen and oxygen atoms in total. The van der Waals surface area contributed by atoms with Crippen LogP contribution in [0.3, 0.4) is 0 Å². The van der Waals surface area contributed by atoms with Crippen LogP contribution in [-0.2, 0) is 41.6 Å². The molecule has 0 aliphatic rings. The Labute approximate surface area is 393 Å². The fourth-order valence-corrected chi connectivity index (χ4v) is 8.16. The average molecular weight is 939 g/mol. The zero-order valence-electron chi connectivity index (χ0n) is 38.3. The maximum absolute atomic E-state index is 14.4. The summed E-state index contributed by atoms with van der Waals surface area (Å²) in [6.45, 7) is 0.921. The first-order valence-corrected chi connectivity index (χ1v) is 23.8. The van der Waals surface area contributed by atoms with Gasteiger partial charge in [0.25, 0.3) is 0 Å². The van der Waals surface area contributed by atoms with E-state index in [2.05, 4.69) is 38.2 Å². The Morgan fingerprint density at radius 3 is 1.80 bits per heavy atom. The van der Waals surface area contributed by atoms with Gasteiger partial charge in [0.15, 0.2) is 0 Å². The second-order valence-corrected chi connectivity index (χ2v) is 16.8. The van der Waals surface area contributed by atoms with Crippen molar-refractivity contribution in [3.63, 3.8) is 0 Å². The van der Waals surface area contributed by atoms with Crippen LogP contribution in [-0.4, -0.2) is 147 Å². The van der Waals surface area contributed by atoms with Gasteiger partial charge in [-0.1, -0.05) is 31.0 Å². The molecule has 0 bridgehead atoms. The number of nitrogens with zero attached hydrogens (tertiary/aromatic N) is 4. The van der Waals surface area contributed by atoms with Gasteiger partial charge < -0.3 is 64.0 Å². The van der Waals surface area contributed by atoms with Gasteiger partial charge in [0.05, 0.1) is 12.2 Å². The molecule has 0 aliphatic carbocycles. The second kappa shape index (κ2) is 30.6. The van der Waals surface area contributed by atoms with Crippen LogP contribution in [0.15, 0.2) is 43.0 Å². The normalized spacial score (nSPS) is 12.5. The predicted octanol–water partition coefficient (Wildman–Crippen LogP) is 0.799. The number of amidine groups is 1. The average Bonchev–Trinajstić information content (AvgIpc) is 3.97. The number of thiol groups is 1. The lowest BCUT2D eigenvalue weighted by molar-refractivity contribution is -0.142. The molecule has 3 atom stereocenters. The highest BCUT2D eigenvalue weighted by atomic mass is 32.1. The lowest BCUT2D eigenvalue weighted by Crippen LogP contribution is -2.56. The minimum Gasteiger partial charge on any atom is -0.388 e. The van der Waals surface area contributed by atoms with E-state index < -0.39 is 35.8 Å². The molecule has 0 aliphatic heterocycles. The van der Waals surface area contributed by atoms with E-state index in [1.807, 2.05) is 30.5 Å². The van der Waals surface area contributed by atoms with E-state index in [9.17, 15) is 28.8 Å². The van der Waals surface area contributed by atoms with Crippen LogP contribution >= 0.6 is 12.6 Å². The number of unbranched alkanes of at least 4 members (excludes halogenated alkanes) is 5. The van der Waals surface area contributed by atoms with E-state index in [1.54, 1.807) is 6.20 Å². The standard InChI is InChI=1S/C45H74N14O6S/c46-18-9-2-5-16-41(61)59(25-22-53-44(64)37(57(23-20-48)42(62)17-26-66)27-32-29-55-35-12-7-6-11-34(32)35)38(28-33-30-52-31-56-33)45(65)54-21-24-58(36(43(51)63)13-8-10-19-47)40(60)15-4-1-3-14-39(49)50/h6-7,11-12,29-31,36-38,55,66H,1-5,8-10,13-28,46-48H2,(H3,49,50)(H2,51,63)(H,52,56)(H,53,64)(H,54,65).